The maximum absolute atomic E-state index is 13.7. The summed E-state index contributed by atoms with van der Waals surface area (Å²) in [7, 11) is 0. The molecule has 0 aromatic carbocycles. The summed E-state index contributed by atoms with van der Waals surface area (Å²) in [5.41, 5.74) is 3.11. The summed E-state index contributed by atoms with van der Waals surface area (Å²) in [6.07, 6.45) is 15.2. The van der Waals surface area contributed by atoms with Crippen LogP contribution < -0.4 is 0 Å². The predicted octanol–water partition coefficient (Wildman–Crippen LogP) is 9.65. The van der Waals surface area contributed by atoms with E-state index in [1.165, 1.54) is 57.8 Å². The molecule has 0 heterocycles. The first kappa shape index (κ1) is 26.5. The third-order valence-electron chi connectivity index (χ3n) is 12.8. The standard InChI is InChI=1S/C33H56O/c1-11-30(7,16-12-15-29(4,5)6)28-14-18-32(9)25-20-27(34)26-19-22(2)23(3)21-31(26,8)24(25)13-17-33(28,32)10/h20,22-24,26,28H,11-19,21H2,1-10H3/t22-,23+,24?,26+,28-,30-,31-,32+,33-/m1/s1. The van der Waals surface area contributed by atoms with Gasteiger partial charge in [0.05, 0.1) is 0 Å². The van der Waals surface area contributed by atoms with Crippen molar-refractivity contribution in [2.75, 3.05) is 0 Å². The Bertz CT molecular complexity index is 830. The van der Waals surface area contributed by atoms with Gasteiger partial charge in [-0.2, -0.15) is 0 Å². The summed E-state index contributed by atoms with van der Waals surface area (Å²) in [6.45, 7) is 24.8. The zero-order valence-corrected chi connectivity index (χ0v) is 24.4. The van der Waals surface area contributed by atoms with Gasteiger partial charge in [-0.25, -0.2) is 0 Å². The number of ketones is 1. The van der Waals surface area contributed by atoms with Crippen LogP contribution in [-0.2, 0) is 4.79 Å². The van der Waals surface area contributed by atoms with Gasteiger partial charge in [0.15, 0.2) is 5.78 Å². The molecule has 0 aromatic rings. The average molecular weight is 469 g/mol. The average Bonchev–Trinajstić information content (AvgIpc) is 3.01. The summed E-state index contributed by atoms with van der Waals surface area (Å²) in [5, 5.41) is 0. The molecule has 3 saturated carbocycles. The third kappa shape index (κ3) is 3.89. The van der Waals surface area contributed by atoms with Crippen molar-refractivity contribution >= 4 is 5.78 Å². The maximum Gasteiger partial charge on any atom is 0.159 e. The first-order valence-electron chi connectivity index (χ1n) is 14.9. The van der Waals surface area contributed by atoms with E-state index in [2.05, 4.69) is 75.3 Å². The van der Waals surface area contributed by atoms with Gasteiger partial charge in [-0.15, -0.1) is 0 Å². The van der Waals surface area contributed by atoms with E-state index in [9.17, 15) is 4.79 Å². The van der Waals surface area contributed by atoms with Crippen molar-refractivity contribution in [3.63, 3.8) is 0 Å². The summed E-state index contributed by atoms with van der Waals surface area (Å²) in [6, 6.07) is 0. The maximum atomic E-state index is 13.7. The van der Waals surface area contributed by atoms with E-state index >= 15 is 0 Å². The predicted molar refractivity (Wildman–Crippen MR) is 146 cm³/mol. The van der Waals surface area contributed by atoms with Crippen LogP contribution in [0.3, 0.4) is 0 Å². The number of fused-ring (bicyclic) bond motifs is 5. The number of hydrogen-bond donors (Lipinski definition) is 0. The molecule has 9 atom stereocenters. The molecular weight excluding hydrogens is 412 g/mol. The minimum atomic E-state index is 0.177. The summed E-state index contributed by atoms with van der Waals surface area (Å²) in [4.78, 5) is 13.7. The lowest BCUT2D eigenvalue weighted by Crippen LogP contribution is -2.56. The molecule has 1 unspecified atom stereocenters. The number of allylic oxidation sites excluding steroid dienone is 2. The van der Waals surface area contributed by atoms with Crippen molar-refractivity contribution < 1.29 is 4.79 Å². The van der Waals surface area contributed by atoms with Crippen molar-refractivity contribution in [1.82, 2.24) is 0 Å². The van der Waals surface area contributed by atoms with E-state index in [0.29, 0.717) is 33.9 Å². The largest absolute Gasteiger partial charge is 0.295 e. The highest BCUT2D eigenvalue weighted by Crippen LogP contribution is 2.74. The van der Waals surface area contributed by atoms with Gasteiger partial charge >= 0.3 is 0 Å². The second-order valence-corrected chi connectivity index (χ2v) is 15.8. The lowest BCUT2D eigenvalue weighted by molar-refractivity contribution is -0.134. The van der Waals surface area contributed by atoms with Crippen LogP contribution in [0, 0.1) is 56.7 Å². The molecule has 0 N–H and O–H groups in total. The Hall–Kier alpha value is -0.590. The molecule has 0 aromatic heterocycles. The molecule has 4 aliphatic carbocycles. The van der Waals surface area contributed by atoms with Gasteiger partial charge < -0.3 is 0 Å². The smallest absolute Gasteiger partial charge is 0.159 e. The minimum Gasteiger partial charge on any atom is -0.295 e. The molecule has 194 valence electrons. The highest BCUT2D eigenvalue weighted by molar-refractivity contribution is 5.94. The molecule has 4 rings (SSSR count). The molecule has 4 aliphatic rings. The van der Waals surface area contributed by atoms with Gasteiger partial charge in [0.2, 0.25) is 0 Å². The van der Waals surface area contributed by atoms with E-state index in [1.807, 2.05) is 0 Å². The Kier molecular flexibility index (Phi) is 6.60. The van der Waals surface area contributed by atoms with Crippen LogP contribution in [0.15, 0.2) is 11.6 Å². The fourth-order valence-electron chi connectivity index (χ4n) is 10.0. The van der Waals surface area contributed by atoms with Crippen molar-refractivity contribution in [2.45, 2.75) is 133 Å². The van der Waals surface area contributed by atoms with Gasteiger partial charge in [0.1, 0.15) is 0 Å². The quantitative estimate of drug-likeness (QED) is 0.392. The second kappa shape index (κ2) is 8.48. The molecule has 0 bridgehead atoms. The normalized spacial score (nSPS) is 46.2. The summed E-state index contributed by atoms with van der Waals surface area (Å²) >= 11 is 0. The van der Waals surface area contributed by atoms with Crippen molar-refractivity contribution in [1.29, 1.82) is 0 Å². The lowest BCUT2D eigenvalue weighted by atomic mass is 9.41. The second-order valence-electron chi connectivity index (χ2n) is 15.8. The molecule has 1 nitrogen and oxygen atoms in total. The number of hydrogen-bond acceptors (Lipinski definition) is 1. The van der Waals surface area contributed by atoms with E-state index in [1.54, 1.807) is 5.57 Å². The van der Waals surface area contributed by atoms with Crippen LogP contribution in [0.4, 0.5) is 0 Å². The molecule has 0 amide bonds. The summed E-state index contributed by atoms with van der Waals surface area (Å²) in [5.74, 6) is 3.53. The molecule has 34 heavy (non-hydrogen) atoms. The van der Waals surface area contributed by atoms with Crippen molar-refractivity contribution in [3.05, 3.63) is 11.6 Å². The van der Waals surface area contributed by atoms with Crippen LogP contribution in [0.25, 0.3) is 0 Å². The van der Waals surface area contributed by atoms with E-state index < -0.39 is 0 Å². The van der Waals surface area contributed by atoms with E-state index in [-0.39, 0.29) is 16.7 Å². The van der Waals surface area contributed by atoms with Crippen LogP contribution in [0.5, 0.6) is 0 Å². The SMILES string of the molecule is CC[C@](C)(CCCC(C)(C)C)[C@H]1CC[C@@]2(C)C3=CC(=O)[C@@H]4C[C@@H](C)[C@@H](C)C[C@]4(C)C3CC[C@]12C. The van der Waals surface area contributed by atoms with Gasteiger partial charge in [0, 0.05) is 5.92 Å². The highest BCUT2D eigenvalue weighted by Gasteiger charge is 2.66. The molecule has 0 saturated heterocycles. The molecule has 3 fully saturated rings. The monoisotopic (exact) mass is 468 g/mol. The van der Waals surface area contributed by atoms with Gasteiger partial charge in [0.25, 0.3) is 0 Å². The Morgan fingerprint density at radius 1 is 0.941 bits per heavy atom. The summed E-state index contributed by atoms with van der Waals surface area (Å²) < 4.78 is 0. The van der Waals surface area contributed by atoms with Gasteiger partial charge in [-0.1, -0.05) is 87.7 Å². The Balaban J connectivity index is 1.66. The van der Waals surface area contributed by atoms with Crippen LogP contribution in [-0.4, -0.2) is 5.78 Å². The van der Waals surface area contributed by atoms with Gasteiger partial charge in [-0.3, -0.25) is 4.79 Å². The molecule has 0 spiro atoms. The zero-order valence-electron chi connectivity index (χ0n) is 24.4. The van der Waals surface area contributed by atoms with E-state index in [4.69, 9.17) is 0 Å². The number of carbonyl (C=O) groups is 1. The topological polar surface area (TPSA) is 17.1 Å². The van der Waals surface area contributed by atoms with Crippen molar-refractivity contribution in [3.8, 4) is 0 Å². The fraction of sp³-hybridized carbons (Fsp3) is 0.909. The van der Waals surface area contributed by atoms with E-state index in [0.717, 1.165) is 18.3 Å². The number of rotatable bonds is 5. The molecular formula is C33H56O. The highest BCUT2D eigenvalue weighted by atomic mass is 16.1. The fourth-order valence-corrected chi connectivity index (χ4v) is 10.0. The zero-order chi connectivity index (χ0) is 25.3. The first-order chi connectivity index (χ1) is 15.6. The van der Waals surface area contributed by atoms with Crippen LogP contribution in [0.2, 0.25) is 0 Å². The molecule has 1 heteroatoms. The van der Waals surface area contributed by atoms with Crippen LogP contribution >= 0.6 is 0 Å². The Morgan fingerprint density at radius 3 is 2.24 bits per heavy atom. The molecule has 0 radical (unpaired) electrons. The van der Waals surface area contributed by atoms with Gasteiger partial charge in [-0.05, 0) is 108 Å². The molecule has 0 aliphatic heterocycles. The minimum absolute atomic E-state index is 0.177. The lowest BCUT2D eigenvalue weighted by Gasteiger charge is -2.62. The Labute approximate surface area is 212 Å². The third-order valence-corrected chi connectivity index (χ3v) is 12.8. The van der Waals surface area contributed by atoms with Crippen LogP contribution in [0.1, 0.15) is 133 Å². The Morgan fingerprint density at radius 2 is 1.62 bits per heavy atom. The first-order valence-corrected chi connectivity index (χ1v) is 14.9. The van der Waals surface area contributed by atoms with Crippen molar-refractivity contribution in [2.24, 2.45) is 56.7 Å². The number of carbonyl (C=O) groups excluding carboxylic acids is 1.